The van der Waals surface area contributed by atoms with Gasteiger partial charge in [-0.1, -0.05) is 125 Å². The molecule has 3 aromatic rings. The van der Waals surface area contributed by atoms with Crippen LogP contribution in [0.2, 0.25) is 0 Å². The molecule has 3 unspecified atom stereocenters. The maximum Gasteiger partial charge on any atom is 0.323 e. The van der Waals surface area contributed by atoms with Gasteiger partial charge in [0, 0.05) is 25.7 Å². The maximum absolute atomic E-state index is 13.2. The van der Waals surface area contributed by atoms with Gasteiger partial charge >= 0.3 is 5.97 Å². The van der Waals surface area contributed by atoms with Crippen molar-refractivity contribution in [1.29, 1.82) is 0 Å². The normalized spacial score (nSPS) is 13.9. The fourth-order valence-corrected chi connectivity index (χ4v) is 4.83. The van der Waals surface area contributed by atoms with Gasteiger partial charge in [0.1, 0.15) is 12.6 Å². The van der Waals surface area contributed by atoms with Crippen LogP contribution in [0.25, 0.3) is 0 Å². The van der Waals surface area contributed by atoms with Gasteiger partial charge in [-0.2, -0.15) is 0 Å². The third-order valence-electron chi connectivity index (χ3n) is 7.29. The lowest BCUT2D eigenvalue weighted by atomic mass is 9.95. The summed E-state index contributed by atoms with van der Waals surface area (Å²) < 4.78 is 5.79. The van der Waals surface area contributed by atoms with E-state index in [2.05, 4.69) is 118 Å². The smallest absolute Gasteiger partial charge is 0.323 e. The van der Waals surface area contributed by atoms with E-state index >= 15 is 0 Å². The Hall–Kier alpha value is -2.95. The summed E-state index contributed by atoms with van der Waals surface area (Å²) >= 11 is 0. The monoisotopic (exact) mass is 514 g/mol. The summed E-state index contributed by atoms with van der Waals surface area (Å²) in [5.74, 6) is 0.671. The number of aryl methyl sites for hydroxylation is 1. The minimum atomic E-state index is -0.331. The minimum absolute atomic E-state index is 0.167. The lowest BCUT2D eigenvalue weighted by Gasteiger charge is -2.37. The van der Waals surface area contributed by atoms with Gasteiger partial charge in [-0.15, -0.1) is 0 Å². The van der Waals surface area contributed by atoms with Crippen LogP contribution in [0, 0.1) is 18.8 Å². The highest BCUT2D eigenvalue weighted by molar-refractivity contribution is 5.75. The Morgan fingerprint density at radius 3 is 1.87 bits per heavy atom. The number of rotatable bonds is 15. The molecule has 0 spiro atoms. The molecule has 0 aliphatic rings. The van der Waals surface area contributed by atoms with E-state index < -0.39 is 0 Å². The van der Waals surface area contributed by atoms with Crippen LogP contribution in [0.15, 0.2) is 84.9 Å². The van der Waals surface area contributed by atoms with Crippen molar-refractivity contribution < 1.29 is 9.53 Å². The molecule has 0 aliphatic carbocycles. The molecule has 204 valence electrons. The Morgan fingerprint density at radius 1 is 0.816 bits per heavy atom. The van der Waals surface area contributed by atoms with E-state index in [4.69, 9.17) is 4.74 Å². The molecular weight excluding hydrogens is 468 g/mol. The van der Waals surface area contributed by atoms with Gasteiger partial charge in [0.05, 0.1) is 0 Å². The zero-order valence-electron chi connectivity index (χ0n) is 23.9. The fourth-order valence-electron chi connectivity index (χ4n) is 4.83. The zero-order valence-corrected chi connectivity index (χ0v) is 23.9. The van der Waals surface area contributed by atoms with E-state index in [9.17, 15) is 4.79 Å². The fraction of sp³-hybridized carbons (Fsp3) is 0.441. The van der Waals surface area contributed by atoms with Crippen molar-refractivity contribution in [2.75, 3.05) is 6.54 Å². The van der Waals surface area contributed by atoms with Gasteiger partial charge in [0.2, 0.25) is 0 Å². The summed E-state index contributed by atoms with van der Waals surface area (Å²) in [7, 11) is 0. The van der Waals surface area contributed by atoms with Gasteiger partial charge in [-0.05, 0) is 41.9 Å². The standard InChI is InChI=1S/C34H46N2O2/c1-6-28(5)33(36(23-29-13-9-7-10-14-29)24-30-15-11-8-12-16-30)22-35-32(21-26(2)3)34(37)38-25-31-19-17-27(4)18-20-31/h7-20,26,28,32-33,35H,6,21-25H2,1-5H3. The summed E-state index contributed by atoms with van der Waals surface area (Å²) in [6.45, 7) is 13.7. The first-order valence-corrected chi connectivity index (χ1v) is 14.1. The highest BCUT2D eigenvalue weighted by Gasteiger charge is 2.28. The summed E-state index contributed by atoms with van der Waals surface area (Å²) in [6, 6.07) is 29.4. The number of nitrogens with zero attached hydrogens (tertiary/aromatic N) is 1. The molecule has 0 amide bonds. The molecule has 3 rings (SSSR count). The first kappa shape index (κ1) is 29.6. The molecule has 4 heteroatoms. The first-order chi connectivity index (χ1) is 18.4. The van der Waals surface area contributed by atoms with Crippen molar-refractivity contribution in [3.05, 3.63) is 107 Å². The van der Waals surface area contributed by atoms with E-state index in [0.717, 1.165) is 38.0 Å². The average Bonchev–Trinajstić information content (AvgIpc) is 2.92. The molecule has 0 heterocycles. The lowest BCUT2D eigenvalue weighted by molar-refractivity contribution is -0.148. The highest BCUT2D eigenvalue weighted by atomic mass is 16.5. The number of esters is 1. The Balaban J connectivity index is 1.75. The lowest BCUT2D eigenvalue weighted by Crippen LogP contribution is -2.50. The van der Waals surface area contributed by atoms with Crippen LogP contribution in [0.5, 0.6) is 0 Å². The molecule has 3 atom stereocenters. The van der Waals surface area contributed by atoms with Gasteiger partial charge in [-0.3, -0.25) is 9.69 Å². The molecule has 0 aliphatic heterocycles. The van der Waals surface area contributed by atoms with Crippen molar-refractivity contribution in [3.8, 4) is 0 Å². The molecule has 3 aromatic carbocycles. The zero-order chi connectivity index (χ0) is 27.3. The summed E-state index contributed by atoms with van der Waals surface area (Å²) in [5, 5.41) is 3.65. The van der Waals surface area contributed by atoms with Crippen molar-refractivity contribution in [2.24, 2.45) is 11.8 Å². The molecule has 0 radical (unpaired) electrons. The summed E-state index contributed by atoms with van der Waals surface area (Å²) in [6.07, 6.45) is 1.82. The molecule has 4 nitrogen and oxygen atoms in total. The Kier molecular flexibility index (Phi) is 12.0. The molecule has 0 aromatic heterocycles. The van der Waals surface area contributed by atoms with Crippen LogP contribution in [0.4, 0.5) is 0 Å². The summed E-state index contributed by atoms with van der Waals surface area (Å²) in [5.41, 5.74) is 4.81. The third-order valence-corrected chi connectivity index (χ3v) is 7.29. The van der Waals surface area contributed by atoms with Crippen LogP contribution in [0.1, 0.15) is 62.8 Å². The van der Waals surface area contributed by atoms with Crippen molar-refractivity contribution in [1.82, 2.24) is 10.2 Å². The molecular formula is C34H46N2O2. The molecule has 1 N–H and O–H groups in total. The van der Waals surface area contributed by atoms with Gasteiger partial charge in [-0.25, -0.2) is 0 Å². The van der Waals surface area contributed by atoms with Gasteiger partial charge < -0.3 is 10.1 Å². The minimum Gasteiger partial charge on any atom is -0.460 e. The van der Waals surface area contributed by atoms with E-state index in [0.29, 0.717) is 18.4 Å². The number of carbonyl (C=O) groups excluding carboxylic acids is 1. The number of benzene rings is 3. The summed E-state index contributed by atoms with van der Waals surface area (Å²) in [4.78, 5) is 15.8. The van der Waals surface area contributed by atoms with Crippen LogP contribution in [-0.2, 0) is 29.2 Å². The number of ether oxygens (including phenoxy) is 1. The molecule has 0 saturated heterocycles. The second kappa shape index (κ2) is 15.5. The molecule has 38 heavy (non-hydrogen) atoms. The largest absolute Gasteiger partial charge is 0.460 e. The molecule has 0 fully saturated rings. The van der Waals surface area contributed by atoms with E-state index in [1.807, 2.05) is 12.1 Å². The maximum atomic E-state index is 13.2. The SMILES string of the molecule is CCC(C)C(CNC(CC(C)C)C(=O)OCc1ccc(C)cc1)N(Cc1ccccc1)Cc1ccccc1. The predicted molar refractivity (Wildman–Crippen MR) is 158 cm³/mol. The molecule has 0 saturated carbocycles. The number of nitrogens with one attached hydrogen (secondary N) is 1. The van der Waals surface area contributed by atoms with Crippen molar-refractivity contribution in [3.63, 3.8) is 0 Å². The first-order valence-electron chi connectivity index (χ1n) is 14.1. The average molecular weight is 515 g/mol. The van der Waals surface area contributed by atoms with Gasteiger partial charge in [0.25, 0.3) is 0 Å². The van der Waals surface area contributed by atoms with Crippen molar-refractivity contribution in [2.45, 2.75) is 79.2 Å². The second-order valence-corrected chi connectivity index (χ2v) is 11.0. The predicted octanol–water partition coefficient (Wildman–Crippen LogP) is 7.16. The number of carbonyl (C=O) groups is 1. The van der Waals surface area contributed by atoms with Crippen molar-refractivity contribution >= 4 is 5.97 Å². The van der Waals surface area contributed by atoms with Crippen LogP contribution in [0.3, 0.4) is 0 Å². The topological polar surface area (TPSA) is 41.6 Å². The van der Waals surface area contributed by atoms with E-state index in [1.54, 1.807) is 0 Å². The van der Waals surface area contributed by atoms with Gasteiger partial charge in [0.15, 0.2) is 0 Å². The third kappa shape index (κ3) is 9.74. The van der Waals surface area contributed by atoms with Crippen LogP contribution < -0.4 is 5.32 Å². The Morgan fingerprint density at radius 2 is 1.37 bits per heavy atom. The number of hydrogen-bond donors (Lipinski definition) is 1. The Bertz CT molecular complexity index is 1030. The second-order valence-electron chi connectivity index (χ2n) is 11.0. The molecule has 0 bridgehead atoms. The quantitative estimate of drug-likeness (QED) is 0.219. The van der Waals surface area contributed by atoms with Crippen LogP contribution >= 0.6 is 0 Å². The van der Waals surface area contributed by atoms with E-state index in [-0.39, 0.29) is 18.1 Å². The highest BCUT2D eigenvalue weighted by Crippen LogP contribution is 2.21. The van der Waals surface area contributed by atoms with Crippen LogP contribution in [-0.4, -0.2) is 29.5 Å². The Labute approximate surface area is 230 Å². The number of hydrogen-bond acceptors (Lipinski definition) is 4. The van der Waals surface area contributed by atoms with E-state index in [1.165, 1.54) is 16.7 Å².